The molecule has 2 unspecified atom stereocenters. The summed E-state index contributed by atoms with van der Waals surface area (Å²) in [5, 5.41) is 13.0. The van der Waals surface area contributed by atoms with E-state index < -0.39 is 0 Å². The van der Waals surface area contributed by atoms with Gasteiger partial charge in [-0.3, -0.25) is 4.99 Å². The molecule has 0 spiro atoms. The van der Waals surface area contributed by atoms with Crippen LogP contribution in [0.3, 0.4) is 0 Å². The molecule has 0 aromatic carbocycles. The number of nitrogens with zero attached hydrogens (tertiary/aromatic N) is 3. The van der Waals surface area contributed by atoms with Gasteiger partial charge in [0.15, 0.2) is 0 Å². The number of hydrogen-bond donors (Lipinski definition) is 1. The Labute approximate surface area is 120 Å². The van der Waals surface area contributed by atoms with Crippen molar-refractivity contribution in [2.45, 2.75) is 37.8 Å². The van der Waals surface area contributed by atoms with Crippen LogP contribution in [0, 0.1) is 17.2 Å². The number of allylic oxidation sites excluding steroid dienone is 2. The van der Waals surface area contributed by atoms with Gasteiger partial charge >= 0.3 is 0 Å². The van der Waals surface area contributed by atoms with Crippen LogP contribution in [0.4, 0.5) is 0 Å². The van der Waals surface area contributed by atoms with E-state index in [0.717, 1.165) is 24.5 Å². The van der Waals surface area contributed by atoms with Crippen LogP contribution in [-0.2, 0) is 0 Å². The molecule has 0 radical (unpaired) electrons. The zero-order valence-electron chi connectivity index (χ0n) is 12.1. The summed E-state index contributed by atoms with van der Waals surface area (Å²) < 4.78 is 0. The number of piperazine rings is 1. The predicted molar refractivity (Wildman–Crippen MR) is 80.4 cm³/mol. The lowest BCUT2D eigenvalue weighted by Crippen LogP contribution is -2.62. The van der Waals surface area contributed by atoms with Crippen LogP contribution < -0.4 is 5.32 Å². The average molecular weight is 270 g/mol. The summed E-state index contributed by atoms with van der Waals surface area (Å²) in [6.07, 6.45) is 6.53. The predicted octanol–water partition coefficient (Wildman–Crippen LogP) is 1.87. The number of hydrogen-bond acceptors (Lipinski definition) is 3. The smallest absolute Gasteiger partial charge is 0.128 e. The van der Waals surface area contributed by atoms with Crippen molar-refractivity contribution in [3.8, 4) is 6.07 Å². The Balaban J connectivity index is 1.95. The number of piperidine rings is 2. The molecular formula is C16H22N4. The lowest BCUT2D eigenvalue weighted by atomic mass is 9.91. The first-order valence-electron chi connectivity index (χ1n) is 7.52. The zero-order valence-corrected chi connectivity index (χ0v) is 12.1. The molecule has 3 heterocycles. The SMILES string of the molecule is C=C/C(C#N)=C(\C(=NC)N1CC2CCC1CN2)C1CC1. The molecule has 4 rings (SSSR count). The van der Waals surface area contributed by atoms with E-state index in [1.54, 1.807) is 6.08 Å². The Bertz CT molecular complexity index is 499. The number of amidine groups is 1. The molecule has 4 heteroatoms. The third-order valence-electron chi connectivity index (χ3n) is 4.67. The zero-order chi connectivity index (χ0) is 14.1. The largest absolute Gasteiger partial charge is 0.351 e. The molecule has 1 saturated carbocycles. The second-order valence-corrected chi connectivity index (χ2v) is 5.95. The van der Waals surface area contributed by atoms with Crippen LogP contribution in [0.2, 0.25) is 0 Å². The highest BCUT2D eigenvalue weighted by molar-refractivity contribution is 6.01. The van der Waals surface area contributed by atoms with Crippen molar-refractivity contribution in [1.82, 2.24) is 10.2 Å². The second kappa shape index (κ2) is 5.41. The maximum atomic E-state index is 9.38. The van der Waals surface area contributed by atoms with Crippen molar-refractivity contribution in [2.24, 2.45) is 10.9 Å². The molecule has 0 amide bonds. The first-order chi connectivity index (χ1) is 9.78. The monoisotopic (exact) mass is 270 g/mol. The topological polar surface area (TPSA) is 51.4 Å². The highest BCUT2D eigenvalue weighted by Gasteiger charge is 2.39. The van der Waals surface area contributed by atoms with Gasteiger partial charge in [0, 0.05) is 37.8 Å². The lowest BCUT2D eigenvalue weighted by molar-refractivity contribution is 0.141. The summed E-state index contributed by atoms with van der Waals surface area (Å²) >= 11 is 0. The minimum atomic E-state index is 0.509. The molecule has 0 aromatic rings. The molecule has 0 aromatic heterocycles. The van der Waals surface area contributed by atoms with Crippen LogP contribution in [0.15, 0.2) is 28.8 Å². The Morgan fingerprint density at radius 1 is 1.40 bits per heavy atom. The van der Waals surface area contributed by atoms with Crippen molar-refractivity contribution in [3.63, 3.8) is 0 Å². The van der Waals surface area contributed by atoms with Crippen LogP contribution in [0.1, 0.15) is 25.7 Å². The summed E-state index contributed by atoms with van der Waals surface area (Å²) in [5.74, 6) is 1.55. The molecule has 3 aliphatic heterocycles. The van der Waals surface area contributed by atoms with E-state index in [2.05, 4.69) is 27.9 Å². The van der Waals surface area contributed by atoms with Gasteiger partial charge in [-0.2, -0.15) is 5.26 Å². The summed E-state index contributed by atoms with van der Waals surface area (Å²) in [7, 11) is 1.85. The molecular weight excluding hydrogens is 248 g/mol. The molecule has 1 aliphatic carbocycles. The third kappa shape index (κ3) is 2.27. The van der Waals surface area contributed by atoms with Gasteiger partial charge in [0.1, 0.15) is 5.84 Å². The highest BCUT2D eigenvalue weighted by Crippen LogP contribution is 2.40. The maximum Gasteiger partial charge on any atom is 0.128 e. The van der Waals surface area contributed by atoms with Gasteiger partial charge in [-0.1, -0.05) is 12.7 Å². The van der Waals surface area contributed by atoms with E-state index in [4.69, 9.17) is 0 Å². The molecule has 3 saturated heterocycles. The Hall–Kier alpha value is -1.60. The number of aliphatic imine (C=N–C) groups is 1. The van der Waals surface area contributed by atoms with Gasteiger partial charge in [0.2, 0.25) is 0 Å². The Morgan fingerprint density at radius 2 is 2.20 bits per heavy atom. The number of rotatable bonds is 3. The Kier molecular flexibility index (Phi) is 3.62. The molecule has 1 N–H and O–H groups in total. The number of nitrogens with one attached hydrogen (secondary N) is 1. The minimum Gasteiger partial charge on any atom is -0.351 e. The molecule has 4 aliphatic rings. The van der Waals surface area contributed by atoms with E-state index in [1.165, 1.54) is 25.7 Å². The van der Waals surface area contributed by atoms with E-state index in [-0.39, 0.29) is 0 Å². The maximum absolute atomic E-state index is 9.38. The summed E-state index contributed by atoms with van der Waals surface area (Å²) in [6, 6.07) is 3.41. The molecule has 2 atom stereocenters. The Morgan fingerprint density at radius 3 is 2.60 bits per heavy atom. The van der Waals surface area contributed by atoms with Gasteiger partial charge in [0.25, 0.3) is 0 Å². The first kappa shape index (κ1) is 13.4. The standard InChI is InChI=1S/C16H22N4/c1-3-11(8-17)15(12-4-5-12)16(18-2)20-10-13-6-7-14(20)9-19-13/h3,12-14,19H,1,4-7,9-10H2,2H3/b15-11+,18-16?. The lowest BCUT2D eigenvalue weighted by Gasteiger charge is -2.47. The van der Waals surface area contributed by atoms with E-state index in [0.29, 0.717) is 23.6 Å². The molecule has 20 heavy (non-hydrogen) atoms. The quantitative estimate of drug-likeness (QED) is 0.369. The summed E-state index contributed by atoms with van der Waals surface area (Å²) in [6.45, 7) is 5.86. The normalized spacial score (nSPS) is 30.8. The van der Waals surface area contributed by atoms with Crippen LogP contribution in [-0.4, -0.2) is 43.0 Å². The van der Waals surface area contributed by atoms with Crippen LogP contribution in [0.25, 0.3) is 0 Å². The summed E-state index contributed by atoms with van der Waals surface area (Å²) in [4.78, 5) is 7.00. The summed E-state index contributed by atoms with van der Waals surface area (Å²) in [5.41, 5.74) is 1.85. The highest BCUT2D eigenvalue weighted by atomic mass is 15.3. The van der Waals surface area contributed by atoms with Crippen molar-refractivity contribution in [3.05, 3.63) is 23.8 Å². The molecule has 4 nitrogen and oxygen atoms in total. The third-order valence-corrected chi connectivity index (χ3v) is 4.67. The van der Waals surface area contributed by atoms with Gasteiger partial charge in [-0.25, -0.2) is 0 Å². The minimum absolute atomic E-state index is 0.509. The second-order valence-electron chi connectivity index (χ2n) is 5.95. The first-order valence-corrected chi connectivity index (χ1v) is 7.52. The van der Waals surface area contributed by atoms with Gasteiger partial charge in [-0.05, 0) is 31.6 Å². The fourth-order valence-corrected chi connectivity index (χ4v) is 3.48. The van der Waals surface area contributed by atoms with Crippen LogP contribution >= 0.6 is 0 Å². The van der Waals surface area contributed by atoms with E-state index in [1.807, 2.05) is 7.05 Å². The van der Waals surface area contributed by atoms with Crippen LogP contribution in [0.5, 0.6) is 0 Å². The number of nitriles is 1. The van der Waals surface area contributed by atoms with Crippen molar-refractivity contribution >= 4 is 5.84 Å². The molecule has 2 bridgehead atoms. The van der Waals surface area contributed by atoms with Gasteiger partial charge < -0.3 is 10.2 Å². The van der Waals surface area contributed by atoms with E-state index in [9.17, 15) is 5.26 Å². The fraction of sp³-hybridized carbons (Fsp3) is 0.625. The number of fused-ring (bicyclic) bond motifs is 3. The average Bonchev–Trinajstić information content (AvgIpc) is 3.33. The molecule has 106 valence electrons. The fourth-order valence-electron chi connectivity index (χ4n) is 3.48. The van der Waals surface area contributed by atoms with Crippen molar-refractivity contribution in [1.29, 1.82) is 5.26 Å². The van der Waals surface area contributed by atoms with Crippen molar-refractivity contribution < 1.29 is 0 Å². The van der Waals surface area contributed by atoms with Crippen molar-refractivity contribution in [2.75, 3.05) is 20.1 Å². The molecule has 4 fully saturated rings. The van der Waals surface area contributed by atoms with Gasteiger partial charge in [-0.15, -0.1) is 0 Å². The van der Waals surface area contributed by atoms with Gasteiger partial charge in [0.05, 0.1) is 11.6 Å². The van der Waals surface area contributed by atoms with E-state index >= 15 is 0 Å².